The number of hydroxylamine groups is 2. The Labute approximate surface area is 125 Å². The molecule has 0 saturated carbocycles. The van der Waals surface area contributed by atoms with Crippen LogP contribution in [0.2, 0.25) is 0 Å². The van der Waals surface area contributed by atoms with Gasteiger partial charge < -0.3 is 5.21 Å². The van der Waals surface area contributed by atoms with Gasteiger partial charge in [0.15, 0.2) is 0 Å². The van der Waals surface area contributed by atoms with Crippen LogP contribution >= 0.6 is 0 Å². The van der Waals surface area contributed by atoms with Crippen molar-refractivity contribution in [2.45, 2.75) is 58.0 Å². The summed E-state index contributed by atoms with van der Waals surface area (Å²) < 4.78 is 12.5. The van der Waals surface area contributed by atoms with Crippen molar-refractivity contribution in [2.75, 3.05) is 5.75 Å². The number of hydrogen-bond donors (Lipinski definition) is 1. The lowest BCUT2D eigenvalue weighted by Gasteiger charge is -2.42. The third-order valence-electron chi connectivity index (χ3n) is 3.30. The van der Waals surface area contributed by atoms with E-state index in [1.807, 2.05) is 51.1 Å². The number of rotatable bonds is 4. The van der Waals surface area contributed by atoms with Crippen LogP contribution in [0.1, 0.15) is 41.5 Å². The largest absolute Gasteiger partial charge is 0.313 e. The smallest absolute Gasteiger partial charge is 0.0546 e. The van der Waals surface area contributed by atoms with E-state index in [4.69, 9.17) is 0 Å². The molecule has 1 rings (SSSR count). The minimum atomic E-state index is -1.12. The summed E-state index contributed by atoms with van der Waals surface area (Å²) in [6.45, 7) is 12.1. The van der Waals surface area contributed by atoms with E-state index in [0.29, 0.717) is 5.75 Å². The highest BCUT2D eigenvalue weighted by molar-refractivity contribution is 7.85. The van der Waals surface area contributed by atoms with Crippen molar-refractivity contribution in [1.82, 2.24) is 5.06 Å². The number of hydrogen-bond acceptors (Lipinski definition) is 3. The maximum Gasteiger partial charge on any atom is 0.0546 e. The van der Waals surface area contributed by atoms with Gasteiger partial charge in [-0.25, -0.2) is 0 Å². The molecule has 1 aromatic carbocycles. The summed E-state index contributed by atoms with van der Waals surface area (Å²) in [7, 11) is -1.12. The zero-order valence-electron chi connectivity index (χ0n) is 13.4. The molecule has 0 fully saturated rings. The molecule has 0 aliphatic rings. The molecule has 0 aromatic heterocycles. The number of benzene rings is 1. The molecule has 0 heterocycles. The Morgan fingerprint density at radius 3 is 2.00 bits per heavy atom. The Bertz CT molecular complexity index is 446. The van der Waals surface area contributed by atoms with E-state index in [1.54, 1.807) is 0 Å². The van der Waals surface area contributed by atoms with E-state index in [2.05, 4.69) is 20.8 Å². The Kier molecular flexibility index (Phi) is 5.53. The van der Waals surface area contributed by atoms with E-state index < -0.39 is 10.8 Å². The first kappa shape index (κ1) is 17.3. The van der Waals surface area contributed by atoms with Crippen LogP contribution in [0.4, 0.5) is 0 Å². The predicted molar refractivity (Wildman–Crippen MR) is 84.3 cm³/mol. The number of nitrogens with zero attached hydrogens (tertiary/aromatic N) is 1. The summed E-state index contributed by atoms with van der Waals surface area (Å²) in [5.74, 6) is 0.418. The van der Waals surface area contributed by atoms with E-state index in [1.165, 1.54) is 5.06 Å². The molecule has 0 aliphatic heterocycles. The molecule has 0 radical (unpaired) electrons. The molecule has 0 bridgehead atoms. The van der Waals surface area contributed by atoms with Crippen LogP contribution in [0.5, 0.6) is 0 Å². The predicted octanol–water partition coefficient (Wildman–Crippen LogP) is 3.70. The molecule has 0 unspecified atom stereocenters. The highest BCUT2D eigenvalue weighted by Crippen LogP contribution is 2.29. The zero-order chi connectivity index (χ0) is 15.6. The summed E-state index contributed by atoms with van der Waals surface area (Å²) in [5.41, 5.74) is -0.536. The molecule has 114 valence electrons. The third-order valence-corrected chi connectivity index (χ3v) is 4.71. The molecule has 1 N–H and O–H groups in total. The molecule has 0 spiro atoms. The highest BCUT2D eigenvalue weighted by Gasteiger charge is 2.37. The summed E-state index contributed by atoms with van der Waals surface area (Å²) in [5, 5.41) is 11.8. The second-order valence-electron chi connectivity index (χ2n) is 7.22. The van der Waals surface area contributed by atoms with E-state index in [9.17, 15) is 9.42 Å². The van der Waals surface area contributed by atoms with E-state index >= 15 is 0 Å². The van der Waals surface area contributed by atoms with Gasteiger partial charge in [0.25, 0.3) is 0 Å². The lowest BCUT2D eigenvalue weighted by Crippen LogP contribution is -2.53. The molecular formula is C16H27NO2S. The van der Waals surface area contributed by atoms with Gasteiger partial charge in [0, 0.05) is 16.2 Å². The van der Waals surface area contributed by atoms with Gasteiger partial charge in [-0.3, -0.25) is 4.21 Å². The normalized spacial score (nSPS) is 16.2. The first-order valence-electron chi connectivity index (χ1n) is 6.95. The summed E-state index contributed by atoms with van der Waals surface area (Å²) in [6.07, 6.45) is 0. The van der Waals surface area contributed by atoms with Gasteiger partial charge >= 0.3 is 0 Å². The van der Waals surface area contributed by atoms with Crippen molar-refractivity contribution in [3.8, 4) is 0 Å². The minimum Gasteiger partial charge on any atom is -0.313 e. The van der Waals surface area contributed by atoms with Crippen LogP contribution in [0.25, 0.3) is 0 Å². The molecule has 0 amide bonds. The third kappa shape index (κ3) is 4.69. The van der Waals surface area contributed by atoms with Gasteiger partial charge in [0.1, 0.15) is 0 Å². The Morgan fingerprint density at radius 1 is 1.10 bits per heavy atom. The Hall–Kier alpha value is -0.710. The van der Waals surface area contributed by atoms with Gasteiger partial charge in [-0.2, -0.15) is 5.06 Å². The fraction of sp³-hybridized carbons (Fsp3) is 0.625. The molecule has 0 saturated heterocycles. The van der Waals surface area contributed by atoms with Gasteiger partial charge in [0.05, 0.1) is 16.8 Å². The van der Waals surface area contributed by atoms with Gasteiger partial charge in [0.2, 0.25) is 0 Å². The molecule has 2 atom stereocenters. The molecule has 4 heteroatoms. The van der Waals surface area contributed by atoms with Gasteiger partial charge in [-0.05, 0) is 38.3 Å². The minimum absolute atomic E-state index is 0.160. The first-order chi connectivity index (χ1) is 9.03. The standard InChI is InChI=1S/C16H27NO2S/c1-15(2,3)14(17(18)16(4,5)6)12-20(19)13-10-8-7-9-11-13/h7-11,14,18H,12H2,1-6H3/t14-,20-/m1/s1. The van der Waals surface area contributed by atoms with E-state index in [0.717, 1.165) is 4.90 Å². The van der Waals surface area contributed by atoms with Crippen LogP contribution in [-0.2, 0) is 10.8 Å². The summed E-state index contributed by atoms with van der Waals surface area (Å²) in [6, 6.07) is 9.25. The maximum atomic E-state index is 12.5. The average molecular weight is 297 g/mol. The average Bonchev–Trinajstić information content (AvgIpc) is 2.33. The highest BCUT2D eigenvalue weighted by atomic mass is 32.2. The fourth-order valence-electron chi connectivity index (χ4n) is 1.97. The fourth-order valence-corrected chi connectivity index (χ4v) is 3.55. The monoisotopic (exact) mass is 297 g/mol. The molecular weight excluding hydrogens is 270 g/mol. The van der Waals surface area contributed by atoms with Crippen molar-refractivity contribution in [3.05, 3.63) is 30.3 Å². The summed E-state index contributed by atoms with van der Waals surface area (Å²) in [4.78, 5) is 0.809. The van der Waals surface area contributed by atoms with Crippen molar-refractivity contribution in [2.24, 2.45) is 5.41 Å². The SMILES string of the molecule is CC(C)(C)[C@@H](C[S@@](=O)c1ccccc1)N(O)C(C)(C)C. The zero-order valence-corrected chi connectivity index (χ0v) is 14.2. The van der Waals surface area contributed by atoms with Crippen molar-refractivity contribution in [3.63, 3.8) is 0 Å². The quantitative estimate of drug-likeness (QED) is 0.862. The van der Waals surface area contributed by atoms with Crippen molar-refractivity contribution < 1.29 is 9.42 Å². The van der Waals surface area contributed by atoms with Crippen molar-refractivity contribution >= 4 is 10.8 Å². The second kappa shape index (κ2) is 6.37. The van der Waals surface area contributed by atoms with Crippen LogP contribution in [0.15, 0.2) is 35.2 Å². The Balaban J connectivity index is 2.95. The van der Waals surface area contributed by atoms with Crippen LogP contribution in [0, 0.1) is 5.41 Å². The summed E-state index contributed by atoms with van der Waals surface area (Å²) >= 11 is 0. The van der Waals surface area contributed by atoms with Crippen molar-refractivity contribution in [1.29, 1.82) is 0 Å². The van der Waals surface area contributed by atoms with Crippen LogP contribution in [0.3, 0.4) is 0 Å². The maximum absolute atomic E-state index is 12.5. The lowest BCUT2D eigenvalue weighted by atomic mass is 9.86. The molecule has 1 aromatic rings. The second-order valence-corrected chi connectivity index (χ2v) is 8.72. The van der Waals surface area contributed by atoms with Gasteiger partial charge in [-0.15, -0.1) is 0 Å². The molecule has 0 aliphatic carbocycles. The van der Waals surface area contributed by atoms with E-state index in [-0.39, 0.29) is 17.0 Å². The first-order valence-corrected chi connectivity index (χ1v) is 8.27. The molecule has 3 nitrogen and oxygen atoms in total. The topological polar surface area (TPSA) is 40.5 Å². The lowest BCUT2D eigenvalue weighted by molar-refractivity contribution is -0.202. The van der Waals surface area contributed by atoms with Crippen LogP contribution < -0.4 is 0 Å². The van der Waals surface area contributed by atoms with Gasteiger partial charge in [-0.1, -0.05) is 39.0 Å². The Morgan fingerprint density at radius 2 is 1.60 bits per heavy atom. The molecule has 20 heavy (non-hydrogen) atoms. The van der Waals surface area contributed by atoms with Crippen LogP contribution in [-0.4, -0.2) is 31.8 Å².